The number of carbonyl (C=O) groups is 1. The highest BCUT2D eigenvalue weighted by Crippen LogP contribution is 2.36. The molecular formula is C17H23NO. The molecule has 0 radical (unpaired) electrons. The lowest BCUT2D eigenvalue weighted by Gasteiger charge is -2.26. The largest absolute Gasteiger partial charge is 0.317 e. The van der Waals surface area contributed by atoms with Crippen LogP contribution in [0.4, 0.5) is 0 Å². The highest BCUT2D eigenvalue weighted by atomic mass is 16.1. The van der Waals surface area contributed by atoms with E-state index in [0.29, 0.717) is 17.6 Å². The Morgan fingerprint density at radius 3 is 2.63 bits per heavy atom. The first kappa shape index (κ1) is 12.9. The fraction of sp³-hybridized carbons (Fsp3) is 0.588. The van der Waals surface area contributed by atoms with Crippen molar-refractivity contribution in [3.63, 3.8) is 0 Å². The molecule has 102 valence electrons. The molecule has 1 aliphatic carbocycles. The minimum Gasteiger partial charge on any atom is -0.317 e. The first-order valence-electron chi connectivity index (χ1n) is 7.67. The summed E-state index contributed by atoms with van der Waals surface area (Å²) in [4.78, 5) is 12.4. The van der Waals surface area contributed by atoms with Crippen molar-refractivity contribution in [1.29, 1.82) is 0 Å². The SMILES string of the molecule is O=C(CC1CCNCC1)c1cccc(C2CCC2)c1. The van der Waals surface area contributed by atoms with Crippen LogP contribution in [0.1, 0.15) is 60.4 Å². The molecule has 1 saturated heterocycles. The van der Waals surface area contributed by atoms with E-state index in [2.05, 4.69) is 23.5 Å². The fourth-order valence-electron chi connectivity index (χ4n) is 3.17. The van der Waals surface area contributed by atoms with Gasteiger partial charge in [-0.2, -0.15) is 0 Å². The molecule has 0 aromatic heterocycles. The first-order chi connectivity index (χ1) is 9.33. The van der Waals surface area contributed by atoms with Crippen LogP contribution in [0.2, 0.25) is 0 Å². The summed E-state index contributed by atoms with van der Waals surface area (Å²) < 4.78 is 0. The number of hydrogen-bond acceptors (Lipinski definition) is 2. The van der Waals surface area contributed by atoms with Gasteiger partial charge in [-0.25, -0.2) is 0 Å². The summed E-state index contributed by atoms with van der Waals surface area (Å²) in [6, 6.07) is 8.38. The molecular weight excluding hydrogens is 234 g/mol. The summed E-state index contributed by atoms with van der Waals surface area (Å²) in [7, 11) is 0. The molecule has 0 bridgehead atoms. The molecule has 1 saturated carbocycles. The molecule has 2 heteroatoms. The van der Waals surface area contributed by atoms with E-state index in [1.165, 1.54) is 24.8 Å². The maximum absolute atomic E-state index is 12.4. The van der Waals surface area contributed by atoms with Crippen LogP contribution in [-0.4, -0.2) is 18.9 Å². The van der Waals surface area contributed by atoms with Gasteiger partial charge < -0.3 is 5.32 Å². The number of benzene rings is 1. The van der Waals surface area contributed by atoms with Crippen LogP contribution in [0.15, 0.2) is 24.3 Å². The second kappa shape index (κ2) is 5.87. The molecule has 0 unspecified atom stereocenters. The predicted molar refractivity (Wildman–Crippen MR) is 77.6 cm³/mol. The maximum Gasteiger partial charge on any atom is 0.163 e. The molecule has 1 aromatic carbocycles. The summed E-state index contributed by atoms with van der Waals surface area (Å²) >= 11 is 0. The van der Waals surface area contributed by atoms with Gasteiger partial charge in [0.2, 0.25) is 0 Å². The second-order valence-corrected chi connectivity index (χ2v) is 6.07. The summed E-state index contributed by atoms with van der Waals surface area (Å²) in [6.45, 7) is 2.14. The van der Waals surface area contributed by atoms with Gasteiger partial charge in [0.25, 0.3) is 0 Å². The Bertz CT molecular complexity index is 444. The van der Waals surface area contributed by atoms with Gasteiger partial charge in [-0.1, -0.05) is 24.6 Å². The Labute approximate surface area is 115 Å². The van der Waals surface area contributed by atoms with Crippen molar-refractivity contribution in [2.45, 2.75) is 44.4 Å². The topological polar surface area (TPSA) is 29.1 Å². The highest BCUT2D eigenvalue weighted by molar-refractivity contribution is 5.96. The average Bonchev–Trinajstić information content (AvgIpc) is 2.38. The molecule has 19 heavy (non-hydrogen) atoms. The van der Waals surface area contributed by atoms with Crippen molar-refractivity contribution in [2.75, 3.05) is 13.1 Å². The molecule has 0 amide bonds. The highest BCUT2D eigenvalue weighted by Gasteiger charge is 2.21. The lowest BCUT2D eigenvalue weighted by Crippen LogP contribution is -2.28. The minimum absolute atomic E-state index is 0.341. The Morgan fingerprint density at radius 1 is 1.16 bits per heavy atom. The predicted octanol–water partition coefficient (Wildman–Crippen LogP) is 3.53. The third-order valence-corrected chi connectivity index (χ3v) is 4.72. The van der Waals surface area contributed by atoms with Gasteiger partial charge in [-0.15, -0.1) is 0 Å². The fourth-order valence-corrected chi connectivity index (χ4v) is 3.17. The number of nitrogens with one attached hydrogen (secondary N) is 1. The monoisotopic (exact) mass is 257 g/mol. The van der Waals surface area contributed by atoms with Gasteiger partial charge in [0.05, 0.1) is 0 Å². The third-order valence-electron chi connectivity index (χ3n) is 4.72. The first-order valence-corrected chi connectivity index (χ1v) is 7.67. The maximum atomic E-state index is 12.4. The number of rotatable bonds is 4. The smallest absolute Gasteiger partial charge is 0.163 e. The summed E-state index contributed by atoms with van der Waals surface area (Å²) in [5.74, 6) is 1.64. The number of hydrogen-bond donors (Lipinski definition) is 1. The normalized spacial score (nSPS) is 21.1. The summed E-state index contributed by atoms with van der Waals surface area (Å²) in [5, 5.41) is 3.36. The molecule has 1 aromatic rings. The van der Waals surface area contributed by atoms with Gasteiger partial charge >= 0.3 is 0 Å². The van der Waals surface area contributed by atoms with Gasteiger partial charge in [-0.05, 0) is 62.2 Å². The minimum atomic E-state index is 0.341. The van der Waals surface area contributed by atoms with Gasteiger partial charge in [-0.3, -0.25) is 4.79 Å². The van der Waals surface area contributed by atoms with Crippen LogP contribution < -0.4 is 5.32 Å². The van der Waals surface area contributed by atoms with Gasteiger partial charge in [0.15, 0.2) is 5.78 Å². The van der Waals surface area contributed by atoms with Crippen molar-refractivity contribution in [3.8, 4) is 0 Å². The summed E-state index contributed by atoms with van der Waals surface area (Å²) in [5.41, 5.74) is 2.31. The van der Waals surface area contributed by atoms with E-state index in [-0.39, 0.29) is 0 Å². The van der Waals surface area contributed by atoms with Crippen LogP contribution in [-0.2, 0) is 0 Å². The van der Waals surface area contributed by atoms with E-state index in [1.807, 2.05) is 6.07 Å². The van der Waals surface area contributed by atoms with E-state index in [1.54, 1.807) is 0 Å². The zero-order chi connectivity index (χ0) is 13.1. The molecule has 1 aliphatic heterocycles. The van der Waals surface area contributed by atoms with Crippen LogP contribution >= 0.6 is 0 Å². The van der Waals surface area contributed by atoms with Crippen molar-refractivity contribution in [2.24, 2.45) is 5.92 Å². The lowest BCUT2D eigenvalue weighted by atomic mass is 9.79. The Morgan fingerprint density at radius 2 is 1.95 bits per heavy atom. The molecule has 0 atom stereocenters. The number of piperidine rings is 1. The molecule has 0 spiro atoms. The van der Waals surface area contributed by atoms with E-state index < -0.39 is 0 Å². The Hall–Kier alpha value is -1.15. The summed E-state index contributed by atoms with van der Waals surface area (Å²) in [6.07, 6.45) is 6.97. The molecule has 2 nitrogen and oxygen atoms in total. The number of ketones is 1. The van der Waals surface area contributed by atoms with E-state index in [9.17, 15) is 4.79 Å². The number of carbonyl (C=O) groups excluding carboxylic acids is 1. The lowest BCUT2D eigenvalue weighted by molar-refractivity contribution is 0.0952. The standard InChI is InChI=1S/C17H23NO/c19-17(11-13-7-9-18-10-8-13)16-6-2-5-15(12-16)14-3-1-4-14/h2,5-6,12-14,18H,1,3-4,7-11H2. The molecule has 1 N–H and O–H groups in total. The van der Waals surface area contributed by atoms with Gasteiger partial charge in [0, 0.05) is 12.0 Å². The van der Waals surface area contributed by atoms with Crippen molar-refractivity contribution < 1.29 is 4.79 Å². The number of Topliss-reactive ketones (excluding diaryl/α,β-unsaturated/α-hetero) is 1. The van der Waals surface area contributed by atoms with E-state index in [0.717, 1.165) is 37.9 Å². The zero-order valence-corrected chi connectivity index (χ0v) is 11.5. The van der Waals surface area contributed by atoms with E-state index in [4.69, 9.17) is 0 Å². The second-order valence-electron chi connectivity index (χ2n) is 6.07. The average molecular weight is 257 g/mol. The third kappa shape index (κ3) is 3.06. The molecule has 2 aliphatic rings. The molecule has 3 rings (SSSR count). The molecule has 2 fully saturated rings. The van der Waals surface area contributed by atoms with Crippen LogP contribution in [0.3, 0.4) is 0 Å². The molecule has 1 heterocycles. The Kier molecular flexibility index (Phi) is 3.97. The Balaban J connectivity index is 1.65. The van der Waals surface area contributed by atoms with Crippen LogP contribution in [0, 0.1) is 5.92 Å². The zero-order valence-electron chi connectivity index (χ0n) is 11.5. The quantitative estimate of drug-likeness (QED) is 0.836. The van der Waals surface area contributed by atoms with Crippen LogP contribution in [0.25, 0.3) is 0 Å². The van der Waals surface area contributed by atoms with Gasteiger partial charge in [0.1, 0.15) is 0 Å². The van der Waals surface area contributed by atoms with Crippen molar-refractivity contribution in [3.05, 3.63) is 35.4 Å². The van der Waals surface area contributed by atoms with Crippen LogP contribution in [0.5, 0.6) is 0 Å². The van der Waals surface area contributed by atoms with E-state index >= 15 is 0 Å². The van der Waals surface area contributed by atoms with Crippen molar-refractivity contribution in [1.82, 2.24) is 5.32 Å². The van der Waals surface area contributed by atoms with Crippen molar-refractivity contribution >= 4 is 5.78 Å².